The number of thioether (sulfide) groups is 1. The second-order valence-corrected chi connectivity index (χ2v) is 5.38. The molecular weight excluding hydrogens is 333 g/mol. The van der Waals surface area contributed by atoms with Crippen LogP contribution in [0.3, 0.4) is 0 Å². The van der Waals surface area contributed by atoms with Crippen molar-refractivity contribution in [2.45, 2.75) is 32.4 Å². The van der Waals surface area contributed by atoms with E-state index in [0.717, 1.165) is 25.0 Å². The molecule has 0 heterocycles. The minimum Gasteiger partial charge on any atom is -0.356 e. The molecule has 0 radical (unpaired) electrons. The third-order valence-corrected chi connectivity index (χ3v) is 3.17. The maximum atomic E-state index is 4.18. The predicted octanol–water partition coefficient (Wildman–Crippen LogP) is 2.57. The van der Waals surface area contributed by atoms with Gasteiger partial charge in [-0.15, -0.1) is 24.0 Å². The van der Waals surface area contributed by atoms with Gasteiger partial charge in [-0.25, -0.2) is 0 Å². The Morgan fingerprint density at radius 1 is 1.25 bits per heavy atom. The van der Waals surface area contributed by atoms with Crippen LogP contribution in [-0.2, 0) is 0 Å². The summed E-state index contributed by atoms with van der Waals surface area (Å²) in [5.41, 5.74) is 0. The van der Waals surface area contributed by atoms with E-state index in [1.165, 1.54) is 6.42 Å². The van der Waals surface area contributed by atoms with Crippen LogP contribution < -0.4 is 10.6 Å². The van der Waals surface area contributed by atoms with Crippen molar-refractivity contribution in [3.8, 4) is 0 Å². The van der Waals surface area contributed by atoms with Crippen molar-refractivity contribution in [3.63, 3.8) is 0 Å². The van der Waals surface area contributed by atoms with Crippen LogP contribution >= 0.6 is 35.7 Å². The average Bonchev–Trinajstić information content (AvgIpc) is 2.22. The van der Waals surface area contributed by atoms with Gasteiger partial charge >= 0.3 is 0 Å². The van der Waals surface area contributed by atoms with Crippen LogP contribution in [0.5, 0.6) is 0 Å². The van der Waals surface area contributed by atoms with Crippen LogP contribution in [-0.4, -0.2) is 37.6 Å². The molecule has 16 heavy (non-hydrogen) atoms. The largest absolute Gasteiger partial charge is 0.356 e. The standard InChI is InChI=1S/C11H25N3S.HI/c1-9(2)6-7-13-11(12-4)14-8-10(3)15-5;/h9-10H,6-8H2,1-5H3,(H2,12,13,14);1H. The van der Waals surface area contributed by atoms with Gasteiger partial charge < -0.3 is 10.6 Å². The van der Waals surface area contributed by atoms with Crippen LogP contribution in [0.1, 0.15) is 27.2 Å². The summed E-state index contributed by atoms with van der Waals surface area (Å²) in [7, 11) is 1.81. The highest BCUT2D eigenvalue weighted by molar-refractivity contribution is 14.0. The van der Waals surface area contributed by atoms with E-state index in [0.29, 0.717) is 5.25 Å². The zero-order valence-corrected chi connectivity index (χ0v) is 14.2. The van der Waals surface area contributed by atoms with Crippen LogP contribution in [0.2, 0.25) is 0 Å². The minimum absolute atomic E-state index is 0. The molecule has 0 aromatic heterocycles. The van der Waals surface area contributed by atoms with Crippen molar-refractivity contribution < 1.29 is 0 Å². The second kappa shape index (κ2) is 11.8. The summed E-state index contributed by atoms with van der Waals surface area (Å²) in [5.74, 6) is 1.65. The Morgan fingerprint density at radius 2 is 1.88 bits per heavy atom. The van der Waals surface area contributed by atoms with Gasteiger partial charge in [-0.3, -0.25) is 4.99 Å². The van der Waals surface area contributed by atoms with Crippen molar-refractivity contribution in [2.24, 2.45) is 10.9 Å². The molecule has 5 heteroatoms. The number of guanidine groups is 1. The van der Waals surface area contributed by atoms with Gasteiger partial charge in [0.05, 0.1) is 0 Å². The van der Waals surface area contributed by atoms with E-state index in [9.17, 15) is 0 Å². The highest BCUT2D eigenvalue weighted by Crippen LogP contribution is 2.02. The first-order chi connectivity index (χ1) is 7.10. The molecule has 0 fully saturated rings. The number of halogens is 1. The number of nitrogens with one attached hydrogen (secondary N) is 2. The number of hydrogen-bond acceptors (Lipinski definition) is 2. The molecule has 0 aliphatic carbocycles. The normalized spacial score (nSPS) is 13.2. The lowest BCUT2D eigenvalue weighted by Gasteiger charge is -2.15. The van der Waals surface area contributed by atoms with E-state index in [4.69, 9.17) is 0 Å². The topological polar surface area (TPSA) is 36.4 Å². The summed E-state index contributed by atoms with van der Waals surface area (Å²) in [6.45, 7) is 8.62. The molecule has 3 nitrogen and oxygen atoms in total. The molecule has 1 unspecified atom stereocenters. The van der Waals surface area contributed by atoms with E-state index in [2.05, 4.69) is 42.7 Å². The van der Waals surface area contributed by atoms with Crippen molar-refractivity contribution in [3.05, 3.63) is 0 Å². The van der Waals surface area contributed by atoms with Gasteiger partial charge in [0.2, 0.25) is 0 Å². The molecule has 0 saturated carbocycles. The van der Waals surface area contributed by atoms with Crippen molar-refractivity contribution in [2.75, 3.05) is 26.4 Å². The van der Waals surface area contributed by atoms with Crippen molar-refractivity contribution in [1.29, 1.82) is 0 Å². The third kappa shape index (κ3) is 10.9. The van der Waals surface area contributed by atoms with Gasteiger partial charge in [0, 0.05) is 25.4 Å². The first-order valence-corrected chi connectivity index (χ1v) is 6.86. The molecule has 0 aromatic carbocycles. The molecule has 98 valence electrons. The zero-order chi connectivity index (χ0) is 11.7. The van der Waals surface area contributed by atoms with Crippen LogP contribution in [0.4, 0.5) is 0 Å². The Kier molecular flexibility index (Phi) is 13.8. The molecule has 0 rings (SSSR count). The predicted molar refractivity (Wildman–Crippen MR) is 87.2 cm³/mol. The van der Waals surface area contributed by atoms with Gasteiger partial charge in [-0.05, 0) is 18.6 Å². The smallest absolute Gasteiger partial charge is 0.191 e. The molecule has 0 amide bonds. The summed E-state index contributed by atoms with van der Waals surface area (Å²) in [4.78, 5) is 4.18. The molecule has 0 aliphatic rings. The fourth-order valence-corrected chi connectivity index (χ4v) is 1.27. The monoisotopic (exact) mass is 359 g/mol. The molecule has 2 N–H and O–H groups in total. The van der Waals surface area contributed by atoms with Gasteiger partial charge in [0.25, 0.3) is 0 Å². The highest BCUT2D eigenvalue weighted by Gasteiger charge is 2.01. The molecular formula is C11H26IN3S. The number of rotatable bonds is 6. The average molecular weight is 359 g/mol. The fourth-order valence-electron chi connectivity index (χ4n) is 1.02. The summed E-state index contributed by atoms with van der Waals surface area (Å²) < 4.78 is 0. The quantitative estimate of drug-likeness (QED) is 0.435. The molecule has 0 aliphatic heterocycles. The maximum Gasteiger partial charge on any atom is 0.191 e. The zero-order valence-electron chi connectivity index (χ0n) is 11.0. The lowest BCUT2D eigenvalue weighted by atomic mass is 10.1. The van der Waals surface area contributed by atoms with Crippen LogP contribution in [0.25, 0.3) is 0 Å². The van der Waals surface area contributed by atoms with E-state index in [-0.39, 0.29) is 24.0 Å². The molecule has 0 bridgehead atoms. The van der Waals surface area contributed by atoms with E-state index >= 15 is 0 Å². The number of aliphatic imine (C=N–C) groups is 1. The summed E-state index contributed by atoms with van der Waals surface area (Å²) >= 11 is 1.86. The van der Waals surface area contributed by atoms with Gasteiger partial charge in [0.1, 0.15) is 0 Å². The van der Waals surface area contributed by atoms with Gasteiger partial charge in [0.15, 0.2) is 5.96 Å². The minimum atomic E-state index is 0. The van der Waals surface area contributed by atoms with Gasteiger partial charge in [-0.1, -0.05) is 20.8 Å². The van der Waals surface area contributed by atoms with Crippen molar-refractivity contribution >= 4 is 41.7 Å². The lowest BCUT2D eigenvalue weighted by molar-refractivity contribution is 0.573. The number of nitrogens with zero attached hydrogens (tertiary/aromatic N) is 1. The fraction of sp³-hybridized carbons (Fsp3) is 0.909. The Morgan fingerprint density at radius 3 is 2.31 bits per heavy atom. The molecule has 1 atom stereocenters. The van der Waals surface area contributed by atoms with Gasteiger partial charge in [-0.2, -0.15) is 11.8 Å². The van der Waals surface area contributed by atoms with E-state index in [1.807, 2.05) is 18.8 Å². The molecule has 0 saturated heterocycles. The first-order valence-electron chi connectivity index (χ1n) is 5.57. The maximum absolute atomic E-state index is 4.18. The first kappa shape index (κ1) is 18.7. The van der Waals surface area contributed by atoms with E-state index < -0.39 is 0 Å². The van der Waals surface area contributed by atoms with Crippen LogP contribution in [0, 0.1) is 5.92 Å². The lowest BCUT2D eigenvalue weighted by Crippen LogP contribution is -2.40. The number of hydrogen-bond donors (Lipinski definition) is 2. The molecule has 0 spiro atoms. The van der Waals surface area contributed by atoms with Crippen molar-refractivity contribution in [1.82, 2.24) is 10.6 Å². The molecule has 0 aromatic rings. The Labute approximate surface area is 122 Å². The Bertz CT molecular complexity index is 186. The third-order valence-electron chi connectivity index (χ3n) is 2.20. The summed E-state index contributed by atoms with van der Waals surface area (Å²) in [6, 6.07) is 0. The summed E-state index contributed by atoms with van der Waals surface area (Å²) in [6.07, 6.45) is 3.31. The van der Waals surface area contributed by atoms with Crippen LogP contribution in [0.15, 0.2) is 4.99 Å². The highest BCUT2D eigenvalue weighted by atomic mass is 127. The van der Waals surface area contributed by atoms with E-state index in [1.54, 1.807) is 0 Å². The Balaban J connectivity index is 0. The SMILES string of the molecule is CN=C(NCCC(C)C)NCC(C)SC.I. The summed E-state index contributed by atoms with van der Waals surface area (Å²) in [5, 5.41) is 7.24. The second-order valence-electron chi connectivity index (χ2n) is 4.11. The Hall–Kier alpha value is 0.350.